The standard InChI is InChI=1S/C13H15NO3.C12H14N2O6.C6H5ClN2O3.C6H4ClNO3.C6H10O3.6CH4/c1-4-17-13(16)11-8(2)7-10-9(11)5-6-14(3)12(10)15;1-4-20-12(17)9(7(2)15)8-5-6-13(3)11(16)10(8)14(18)19;1-8-3-2-4(7)5(6(8)10)9(11)12;7-4-2-1-3-5(9)6(4)8(10)11;1-3-9-6(8)4-5(2)7;;;;;;/h5-6H,4,7H2,1-3H3;5-6,9H,4H2,1-3H3;2-3H,1H3;1-2H,3H2;3-4H2,1-2H3;6*1H4. The number of carbonyl (C=O) groups excluding carboxylic acids is 6. The van der Waals surface area contributed by atoms with Crippen molar-refractivity contribution in [3.63, 3.8) is 0 Å². The Morgan fingerprint density at radius 1 is 0.680 bits per heavy atom. The van der Waals surface area contributed by atoms with E-state index in [0.29, 0.717) is 30.8 Å². The van der Waals surface area contributed by atoms with Crippen LogP contribution in [0.25, 0.3) is 5.57 Å². The number of ether oxygens (including phenoxy) is 3. The average molecular weight is 1100 g/mol. The first kappa shape index (κ1) is 78.7. The van der Waals surface area contributed by atoms with Crippen molar-refractivity contribution < 1.29 is 57.7 Å². The van der Waals surface area contributed by atoms with Crippen LogP contribution in [-0.4, -0.2) is 83.5 Å². The molecular weight excluding hydrogens is 1030 g/mol. The molecule has 3 aromatic heterocycles. The van der Waals surface area contributed by atoms with Crippen LogP contribution in [0.4, 0.5) is 11.4 Å². The highest BCUT2D eigenvalue weighted by Crippen LogP contribution is 2.31. The number of halogens is 2. The normalized spacial score (nSPS) is 11.4. The first-order chi connectivity index (χ1) is 32.2. The molecular formula is C49H72Cl2N6O18. The van der Waals surface area contributed by atoms with Gasteiger partial charge in [-0.3, -0.25) is 68.7 Å². The molecule has 0 radical (unpaired) electrons. The van der Waals surface area contributed by atoms with E-state index in [1.807, 2.05) is 6.92 Å². The number of hydrogen-bond donors (Lipinski definition) is 0. The summed E-state index contributed by atoms with van der Waals surface area (Å²) in [6, 6.07) is 4.32. The minimum absolute atomic E-state index is 0. The Bertz CT molecular complexity index is 2810. The van der Waals surface area contributed by atoms with Crippen LogP contribution in [0.15, 0.2) is 79.6 Å². The van der Waals surface area contributed by atoms with E-state index in [0.717, 1.165) is 27.2 Å². The zero-order valence-corrected chi connectivity index (χ0v) is 40.2. The maximum atomic E-state index is 11.9. The van der Waals surface area contributed by atoms with Gasteiger partial charge >= 0.3 is 46.1 Å². The number of nitro groups is 3. The molecule has 0 aromatic carbocycles. The second-order valence-corrected chi connectivity index (χ2v) is 14.9. The number of ketones is 3. The maximum Gasteiger partial charge on any atom is 0.352 e. The molecule has 1 atom stereocenters. The monoisotopic (exact) mass is 1100 g/mol. The summed E-state index contributed by atoms with van der Waals surface area (Å²) in [5.41, 5.74) is -0.874. The molecule has 3 heterocycles. The van der Waals surface area contributed by atoms with Crippen molar-refractivity contribution in [3.8, 4) is 0 Å². The number of aryl methyl sites for hydroxylation is 3. The molecule has 420 valence electrons. The summed E-state index contributed by atoms with van der Waals surface area (Å²) in [5, 5.41) is 31.3. The number of allylic oxidation sites excluding steroid dienone is 5. The van der Waals surface area contributed by atoms with Crippen molar-refractivity contribution in [2.75, 3.05) is 19.8 Å². The van der Waals surface area contributed by atoms with Crippen molar-refractivity contribution >= 4 is 75.4 Å². The number of Topliss-reactive ketones (excluding diaryl/α,β-unsaturated/α-hetero) is 3. The quantitative estimate of drug-likeness (QED) is 0.0540. The average Bonchev–Trinajstić information content (AvgIpc) is 3.59. The maximum absolute atomic E-state index is 11.9. The lowest BCUT2D eigenvalue weighted by Gasteiger charge is -2.13. The smallest absolute Gasteiger partial charge is 0.352 e. The van der Waals surface area contributed by atoms with Gasteiger partial charge < -0.3 is 27.9 Å². The number of pyridine rings is 3. The summed E-state index contributed by atoms with van der Waals surface area (Å²) in [7, 11) is 4.47. The SMILES string of the molecule is C.C.C.C.C.C.CCOC(=O)C(C(C)=O)c1ccn(C)c(=O)c1[N+](=O)[O-].CCOC(=O)C1=C(C)Cc2c1ccn(C)c2=O.CCOC(=O)CC(C)=O.Cn1ccc(Cl)c([N+](=O)[O-])c1=O.O=C1CC=CC(Cl)=C1[N+](=O)[O-]. The van der Waals surface area contributed by atoms with Crippen LogP contribution in [0.1, 0.15) is 122 Å². The van der Waals surface area contributed by atoms with Gasteiger partial charge in [0.1, 0.15) is 34.0 Å². The van der Waals surface area contributed by atoms with Gasteiger partial charge in [0, 0.05) is 58.1 Å². The minimum Gasteiger partial charge on any atom is -0.466 e. The van der Waals surface area contributed by atoms with Gasteiger partial charge in [0.15, 0.2) is 0 Å². The second kappa shape index (κ2) is 37.1. The fourth-order valence-electron chi connectivity index (χ4n) is 5.88. The molecule has 26 heteroatoms. The van der Waals surface area contributed by atoms with Gasteiger partial charge in [-0.05, 0) is 71.4 Å². The predicted molar refractivity (Wildman–Crippen MR) is 287 cm³/mol. The lowest BCUT2D eigenvalue weighted by Crippen LogP contribution is -2.28. The van der Waals surface area contributed by atoms with Gasteiger partial charge in [-0.2, -0.15) is 0 Å². The number of rotatable bonds is 12. The molecule has 0 spiro atoms. The third-order valence-corrected chi connectivity index (χ3v) is 9.61. The summed E-state index contributed by atoms with van der Waals surface area (Å²) in [5.74, 6) is -4.47. The van der Waals surface area contributed by atoms with E-state index >= 15 is 0 Å². The Kier molecular flexibility index (Phi) is 38.9. The van der Waals surface area contributed by atoms with Crippen LogP contribution in [0.3, 0.4) is 0 Å². The Morgan fingerprint density at radius 3 is 1.56 bits per heavy atom. The van der Waals surface area contributed by atoms with Crippen LogP contribution >= 0.6 is 23.2 Å². The molecule has 2 aliphatic rings. The van der Waals surface area contributed by atoms with Gasteiger partial charge in [0.25, 0.3) is 5.56 Å². The lowest BCUT2D eigenvalue weighted by atomic mass is 9.95. The molecule has 0 fully saturated rings. The summed E-state index contributed by atoms with van der Waals surface area (Å²) in [6.07, 6.45) is 7.67. The molecule has 0 bridgehead atoms. The Morgan fingerprint density at radius 2 is 1.15 bits per heavy atom. The van der Waals surface area contributed by atoms with Gasteiger partial charge in [-0.1, -0.05) is 79.4 Å². The van der Waals surface area contributed by atoms with E-state index in [-0.39, 0.29) is 96.9 Å². The van der Waals surface area contributed by atoms with Crippen molar-refractivity contribution in [1.82, 2.24) is 13.7 Å². The largest absolute Gasteiger partial charge is 0.466 e. The number of fused-ring (bicyclic) bond motifs is 1. The number of esters is 3. The van der Waals surface area contributed by atoms with E-state index in [9.17, 15) is 73.5 Å². The molecule has 75 heavy (non-hydrogen) atoms. The van der Waals surface area contributed by atoms with E-state index in [2.05, 4.69) is 4.74 Å². The molecule has 24 nitrogen and oxygen atoms in total. The fourth-order valence-corrected chi connectivity index (χ4v) is 6.35. The van der Waals surface area contributed by atoms with Gasteiger partial charge in [-0.15, -0.1) is 0 Å². The zero-order valence-electron chi connectivity index (χ0n) is 38.7. The zero-order chi connectivity index (χ0) is 53.0. The second-order valence-electron chi connectivity index (χ2n) is 14.1. The van der Waals surface area contributed by atoms with Crippen LogP contribution in [0.5, 0.6) is 0 Å². The van der Waals surface area contributed by atoms with Crippen molar-refractivity contribution in [3.05, 3.63) is 148 Å². The Hall–Kier alpha value is -7.73. The lowest BCUT2D eigenvalue weighted by molar-refractivity contribution is -0.419. The molecule has 0 saturated heterocycles. The number of aromatic nitrogens is 3. The van der Waals surface area contributed by atoms with Crippen LogP contribution in [-0.2, 0) is 70.5 Å². The first-order valence-corrected chi connectivity index (χ1v) is 20.9. The number of nitrogens with zero attached hydrogens (tertiary/aromatic N) is 6. The summed E-state index contributed by atoms with van der Waals surface area (Å²) in [4.78, 5) is 131. The van der Waals surface area contributed by atoms with E-state index in [4.69, 9.17) is 32.7 Å². The van der Waals surface area contributed by atoms with Crippen molar-refractivity contribution in [2.24, 2.45) is 21.1 Å². The topological polar surface area (TPSA) is 326 Å². The van der Waals surface area contributed by atoms with E-state index in [1.54, 1.807) is 40.1 Å². The molecule has 5 rings (SSSR count). The molecule has 3 aromatic rings. The predicted octanol–water partition coefficient (Wildman–Crippen LogP) is 8.34. The molecule has 0 aliphatic heterocycles. The van der Waals surface area contributed by atoms with Gasteiger partial charge in [0.05, 0.1) is 45.7 Å². The Labute approximate surface area is 446 Å². The van der Waals surface area contributed by atoms with Gasteiger partial charge in [0.2, 0.25) is 5.78 Å². The van der Waals surface area contributed by atoms with Crippen molar-refractivity contribution in [1.29, 1.82) is 0 Å². The van der Waals surface area contributed by atoms with Gasteiger partial charge in [-0.25, -0.2) is 4.79 Å². The Balaban J connectivity index is -0.000000200. The number of hydrogen-bond acceptors (Lipinski definition) is 18. The molecule has 0 N–H and O–H groups in total. The molecule has 2 aliphatic carbocycles. The third kappa shape index (κ3) is 22.5. The highest BCUT2D eigenvalue weighted by Gasteiger charge is 2.35. The van der Waals surface area contributed by atoms with Crippen LogP contribution < -0.4 is 16.7 Å². The summed E-state index contributed by atoms with van der Waals surface area (Å²) in [6.45, 7) is 10.1. The molecule has 0 saturated carbocycles. The first-order valence-electron chi connectivity index (χ1n) is 20.1. The molecule has 0 amide bonds. The van der Waals surface area contributed by atoms with Crippen LogP contribution in [0, 0.1) is 30.3 Å². The highest BCUT2D eigenvalue weighted by atomic mass is 35.5. The highest BCUT2D eigenvalue weighted by molar-refractivity contribution is 6.33. The summed E-state index contributed by atoms with van der Waals surface area (Å²) < 4.78 is 17.9. The summed E-state index contributed by atoms with van der Waals surface area (Å²) >= 11 is 10.8. The third-order valence-electron chi connectivity index (χ3n) is 9.00. The number of carbonyl (C=O) groups is 6. The van der Waals surface area contributed by atoms with E-state index in [1.165, 1.54) is 62.3 Å². The van der Waals surface area contributed by atoms with E-state index < -0.39 is 72.4 Å². The van der Waals surface area contributed by atoms with Crippen molar-refractivity contribution in [2.45, 2.75) is 111 Å². The minimum atomic E-state index is -1.47. The van der Waals surface area contributed by atoms with Crippen LogP contribution in [0.2, 0.25) is 5.02 Å². The fraction of sp³-hybridized carbons (Fsp3) is 0.449. The molecule has 1 unspecified atom stereocenters.